The Balaban J connectivity index is 1.86. The average molecular weight is 187 g/mol. The normalized spacial score (nSPS) is 23.3. The summed E-state index contributed by atoms with van der Waals surface area (Å²) in [5.74, 6) is 0.733. The van der Waals surface area contributed by atoms with E-state index in [4.69, 9.17) is 9.47 Å². The lowest BCUT2D eigenvalue weighted by molar-refractivity contribution is 0.0719. The second-order valence-corrected chi connectivity index (χ2v) is 3.63. The number of nitrogens with one attached hydrogen (secondary N) is 1. The van der Waals surface area contributed by atoms with E-state index in [0.29, 0.717) is 0 Å². The number of methoxy groups -OCH3 is 1. The molecule has 1 aliphatic heterocycles. The molecule has 0 amide bonds. The van der Waals surface area contributed by atoms with Crippen molar-refractivity contribution in [1.82, 2.24) is 5.32 Å². The summed E-state index contributed by atoms with van der Waals surface area (Å²) in [5, 5.41) is 3.38. The monoisotopic (exact) mass is 187 g/mol. The van der Waals surface area contributed by atoms with Crippen LogP contribution in [0.15, 0.2) is 0 Å². The van der Waals surface area contributed by atoms with Gasteiger partial charge in [-0.1, -0.05) is 0 Å². The van der Waals surface area contributed by atoms with Crippen LogP contribution in [0.5, 0.6) is 0 Å². The van der Waals surface area contributed by atoms with Crippen molar-refractivity contribution < 1.29 is 9.47 Å². The van der Waals surface area contributed by atoms with Crippen LogP contribution in [0.2, 0.25) is 0 Å². The lowest BCUT2D eigenvalue weighted by Gasteiger charge is -2.22. The van der Waals surface area contributed by atoms with Gasteiger partial charge in [-0.05, 0) is 31.7 Å². The second-order valence-electron chi connectivity index (χ2n) is 3.63. The number of hydrogen-bond acceptors (Lipinski definition) is 3. The van der Waals surface area contributed by atoms with E-state index in [0.717, 1.165) is 38.7 Å². The highest BCUT2D eigenvalue weighted by atomic mass is 16.5. The number of rotatable bonds is 6. The smallest absolute Gasteiger partial charge is 0.0506 e. The molecule has 0 spiro atoms. The van der Waals surface area contributed by atoms with Gasteiger partial charge in [-0.25, -0.2) is 0 Å². The molecule has 0 bridgehead atoms. The number of ether oxygens (including phenoxy) is 2. The molecule has 0 unspecified atom stereocenters. The molecule has 0 aromatic heterocycles. The third-order valence-corrected chi connectivity index (χ3v) is 2.39. The first kappa shape index (κ1) is 11.0. The Kier molecular flexibility index (Phi) is 6.15. The molecule has 1 atom stereocenters. The molecule has 1 aliphatic rings. The zero-order valence-electron chi connectivity index (χ0n) is 8.55. The summed E-state index contributed by atoms with van der Waals surface area (Å²) in [6.07, 6.45) is 3.63. The maximum atomic E-state index is 5.56. The summed E-state index contributed by atoms with van der Waals surface area (Å²) in [6, 6.07) is 0. The van der Waals surface area contributed by atoms with Crippen molar-refractivity contribution >= 4 is 0 Å². The third kappa shape index (κ3) is 5.24. The predicted octanol–water partition coefficient (Wildman–Crippen LogP) is 1.04. The maximum absolute atomic E-state index is 5.56. The molecule has 0 saturated carbocycles. The van der Waals surface area contributed by atoms with Gasteiger partial charge >= 0.3 is 0 Å². The molecule has 78 valence electrons. The summed E-state index contributed by atoms with van der Waals surface area (Å²) in [6.45, 7) is 4.87. The van der Waals surface area contributed by atoms with Crippen molar-refractivity contribution in [2.75, 3.05) is 40.0 Å². The largest absolute Gasteiger partial charge is 0.385 e. The lowest BCUT2D eigenvalue weighted by atomic mass is 10.0. The van der Waals surface area contributed by atoms with E-state index >= 15 is 0 Å². The molecule has 1 saturated heterocycles. The minimum atomic E-state index is 0.733. The fourth-order valence-electron chi connectivity index (χ4n) is 1.62. The first-order chi connectivity index (χ1) is 6.43. The van der Waals surface area contributed by atoms with Gasteiger partial charge in [0.1, 0.15) is 0 Å². The molecule has 1 fully saturated rings. The topological polar surface area (TPSA) is 30.5 Å². The van der Waals surface area contributed by atoms with E-state index in [2.05, 4.69) is 5.32 Å². The fourth-order valence-corrected chi connectivity index (χ4v) is 1.62. The zero-order valence-corrected chi connectivity index (χ0v) is 8.55. The minimum absolute atomic E-state index is 0.733. The van der Waals surface area contributed by atoms with E-state index in [9.17, 15) is 0 Å². The lowest BCUT2D eigenvalue weighted by Crippen LogP contribution is -2.32. The highest BCUT2D eigenvalue weighted by Crippen LogP contribution is 2.09. The molecule has 13 heavy (non-hydrogen) atoms. The maximum Gasteiger partial charge on any atom is 0.0506 e. The Hall–Kier alpha value is -0.120. The summed E-state index contributed by atoms with van der Waals surface area (Å²) in [7, 11) is 1.73. The predicted molar refractivity (Wildman–Crippen MR) is 52.9 cm³/mol. The summed E-state index contributed by atoms with van der Waals surface area (Å²) in [5.41, 5.74) is 0. The van der Waals surface area contributed by atoms with Gasteiger partial charge in [-0.15, -0.1) is 0 Å². The van der Waals surface area contributed by atoms with Crippen LogP contribution in [-0.4, -0.2) is 40.0 Å². The molecule has 3 nitrogen and oxygen atoms in total. The van der Waals surface area contributed by atoms with Gasteiger partial charge < -0.3 is 14.8 Å². The van der Waals surface area contributed by atoms with Gasteiger partial charge in [0.2, 0.25) is 0 Å². The SMILES string of the molecule is COCCCOC[C@@H]1CCCNC1. The Morgan fingerprint density at radius 2 is 2.31 bits per heavy atom. The Bertz CT molecular complexity index is 113. The number of piperidine rings is 1. The Labute approximate surface area is 80.8 Å². The van der Waals surface area contributed by atoms with Crippen LogP contribution in [0.1, 0.15) is 19.3 Å². The van der Waals surface area contributed by atoms with Gasteiger partial charge in [0.25, 0.3) is 0 Å². The zero-order chi connectivity index (χ0) is 9.36. The van der Waals surface area contributed by atoms with Crippen LogP contribution in [-0.2, 0) is 9.47 Å². The quantitative estimate of drug-likeness (QED) is 0.630. The molecule has 0 radical (unpaired) electrons. The van der Waals surface area contributed by atoms with Crippen LogP contribution in [0.3, 0.4) is 0 Å². The van der Waals surface area contributed by atoms with E-state index in [-0.39, 0.29) is 0 Å². The van der Waals surface area contributed by atoms with Crippen LogP contribution in [0.4, 0.5) is 0 Å². The third-order valence-electron chi connectivity index (χ3n) is 2.39. The molecular weight excluding hydrogens is 166 g/mol. The van der Waals surface area contributed by atoms with Crippen LogP contribution in [0, 0.1) is 5.92 Å². The molecule has 1 N–H and O–H groups in total. The van der Waals surface area contributed by atoms with Crippen molar-refractivity contribution in [1.29, 1.82) is 0 Å². The van der Waals surface area contributed by atoms with E-state index in [1.54, 1.807) is 7.11 Å². The van der Waals surface area contributed by atoms with Gasteiger partial charge in [-0.3, -0.25) is 0 Å². The van der Waals surface area contributed by atoms with Crippen LogP contribution >= 0.6 is 0 Å². The van der Waals surface area contributed by atoms with Gasteiger partial charge in [0.15, 0.2) is 0 Å². The Morgan fingerprint density at radius 1 is 1.38 bits per heavy atom. The summed E-state index contributed by atoms with van der Waals surface area (Å²) >= 11 is 0. The number of hydrogen-bond donors (Lipinski definition) is 1. The first-order valence-electron chi connectivity index (χ1n) is 5.21. The van der Waals surface area contributed by atoms with E-state index in [1.807, 2.05) is 0 Å². The standard InChI is InChI=1S/C10H21NO2/c1-12-6-3-7-13-9-10-4-2-5-11-8-10/h10-11H,2-9H2,1H3/t10-/m1/s1. The molecule has 1 rings (SSSR count). The minimum Gasteiger partial charge on any atom is -0.385 e. The average Bonchev–Trinajstić information content (AvgIpc) is 2.19. The van der Waals surface area contributed by atoms with E-state index < -0.39 is 0 Å². The molecule has 0 aliphatic carbocycles. The second kappa shape index (κ2) is 7.30. The highest BCUT2D eigenvalue weighted by molar-refractivity contribution is 4.67. The summed E-state index contributed by atoms with van der Waals surface area (Å²) in [4.78, 5) is 0. The van der Waals surface area contributed by atoms with Crippen molar-refractivity contribution in [2.24, 2.45) is 5.92 Å². The molecule has 3 heteroatoms. The van der Waals surface area contributed by atoms with Crippen molar-refractivity contribution in [3.05, 3.63) is 0 Å². The fraction of sp³-hybridized carbons (Fsp3) is 1.00. The molecule has 1 heterocycles. The van der Waals surface area contributed by atoms with Gasteiger partial charge in [0, 0.05) is 26.9 Å². The Morgan fingerprint density at radius 3 is 3.00 bits per heavy atom. The van der Waals surface area contributed by atoms with Crippen LogP contribution < -0.4 is 5.32 Å². The summed E-state index contributed by atoms with van der Waals surface area (Å²) < 4.78 is 10.5. The van der Waals surface area contributed by atoms with Crippen molar-refractivity contribution in [3.63, 3.8) is 0 Å². The van der Waals surface area contributed by atoms with Crippen molar-refractivity contribution in [2.45, 2.75) is 19.3 Å². The van der Waals surface area contributed by atoms with Crippen molar-refractivity contribution in [3.8, 4) is 0 Å². The highest BCUT2D eigenvalue weighted by Gasteiger charge is 2.12. The molecule has 0 aromatic carbocycles. The van der Waals surface area contributed by atoms with Gasteiger partial charge in [0.05, 0.1) is 6.61 Å². The first-order valence-corrected chi connectivity index (χ1v) is 5.21. The van der Waals surface area contributed by atoms with Gasteiger partial charge in [-0.2, -0.15) is 0 Å². The molecule has 0 aromatic rings. The van der Waals surface area contributed by atoms with Crippen LogP contribution in [0.25, 0.3) is 0 Å². The van der Waals surface area contributed by atoms with E-state index in [1.165, 1.54) is 19.4 Å². The molecular formula is C10H21NO2.